The van der Waals surface area contributed by atoms with Crippen LogP contribution in [0.3, 0.4) is 0 Å². The van der Waals surface area contributed by atoms with Crippen molar-refractivity contribution >= 4 is 50.3 Å². The smallest absolute Gasteiger partial charge is 0.335 e. The second-order valence-corrected chi connectivity index (χ2v) is 19.3. The van der Waals surface area contributed by atoms with Crippen LogP contribution in [0.15, 0.2) is 87.5 Å². The fraction of sp³-hybridized carbons (Fsp3) is 0.364. The first-order valence-corrected chi connectivity index (χ1v) is 17.2. The summed E-state index contributed by atoms with van der Waals surface area (Å²) in [4.78, 5) is 33.8. The molecule has 1 unspecified atom stereocenters. The number of rotatable bonds is 6. The van der Waals surface area contributed by atoms with Crippen molar-refractivity contribution in [1.82, 2.24) is 0 Å². The summed E-state index contributed by atoms with van der Waals surface area (Å²) in [7, 11) is -3.35. The molecule has 0 spiro atoms. The Morgan fingerprint density at radius 1 is 0.400 bits per heavy atom. The van der Waals surface area contributed by atoms with Gasteiger partial charge in [-0.05, 0) is 135 Å². The van der Waals surface area contributed by atoms with E-state index in [9.17, 15) is 27.0 Å². The molecule has 0 aliphatic rings. The molecule has 0 bridgehead atoms. The molecule has 0 aliphatic heterocycles. The topological polar surface area (TPSA) is 163 Å². The van der Waals surface area contributed by atoms with Crippen LogP contribution in [0, 0.1) is 0 Å². The zero-order valence-electron chi connectivity index (χ0n) is 26.9. The minimum absolute atomic E-state index is 0.213. The van der Waals surface area contributed by atoms with Gasteiger partial charge in [0.05, 0.1) is 49.1 Å². The monoisotopic (exact) mass is 678 g/mol. The van der Waals surface area contributed by atoms with E-state index in [0.717, 1.165) is 0 Å². The molecule has 45 heavy (non-hydrogen) atoms. The van der Waals surface area contributed by atoms with Crippen LogP contribution >= 0.6 is 0 Å². The van der Waals surface area contributed by atoms with Gasteiger partial charge in [-0.2, -0.15) is 0 Å². The quantitative estimate of drug-likeness (QED) is 0.252. The molecule has 9 nitrogen and oxygen atoms in total. The average Bonchev–Trinajstić information content (AvgIpc) is 2.95. The van der Waals surface area contributed by atoms with Crippen molar-refractivity contribution in [3.8, 4) is 0 Å². The van der Waals surface area contributed by atoms with Gasteiger partial charge in [0.25, 0.3) is 0 Å². The maximum absolute atomic E-state index is 11.9. The van der Waals surface area contributed by atoms with Crippen molar-refractivity contribution in [1.29, 1.82) is 0 Å². The molecule has 3 N–H and O–H groups in total. The maximum atomic E-state index is 11.9. The van der Waals surface area contributed by atoms with E-state index in [2.05, 4.69) is 0 Å². The summed E-state index contributed by atoms with van der Waals surface area (Å²) in [6.07, 6.45) is 0. The second kappa shape index (κ2) is 16.2. The van der Waals surface area contributed by atoms with E-state index in [0.29, 0.717) is 14.7 Å². The molecule has 0 amide bonds. The normalized spacial score (nSPS) is 13.5. The van der Waals surface area contributed by atoms with Crippen molar-refractivity contribution in [2.45, 2.75) is 91.2 Å². The van der Waals surface area contributed by atoms with E-state index in [1.165, 1.54) is 36.4 Å². The standard InChI is InChI=1S/3C11H14O3S/c3*1-11(2,3)15(14)9-6-4-8(5-7-9)10(12)13/h3*4-7H,1-3H3,(H,12,13)/t2*15-;/m10./s1. The summed E-state index contributed by atoms with van der Waals surface area (Å²) in [6.45, 7) is 16.9. The second-order valence-electron chi connectivity index (χ2n) is 12.6. The minimum atomic E-state index is -1.12. The molecule has 0 aromatic heterocycles. The third-order valence-corrected chi connectivity index (χ3v) is 11.1. The lowest BCUT2D eigenvalue weighted by Crippen LogP contribution is -2.21. The van der Waals surface area contributed by atoms with E-state index in [4.69, 9.17) is 15.3 Å². The Morgan fingerprint density at radius 3 is 0.667 bits per heavy atom. The van der Waals surface area contributed by atoms with Gasteiger partial charge in [-0.15, -0.1) is 0 Å². The SMILES string of the molecule is CC(C)(C)S(=O)c1ccc(C(=O)O)cc1.CC(C)(C)[S@@](=O)c1ccc(C(=O)O)cc1.CC(C)(C)[S@](=O)c1ccc(C(=O)O)cc1. The average molecular weight is 679 g/mol. The van der Waals surface area contributed by atoms with Crippen LogP contribution in [0.2, 0.25) is 0 Å². The highest BCUT2D eigenvalue weighted by atomic mass is 32.2. The van der Waals surface area contributed by atoms with E-state index in [1.807, 2.05) is 62.3 Å². The summed E-state index contributed by atoms with van der Waals surface area (Å²) >= 11 is 0. The number of hydrogen-bond donors (Lipinski definition) is 3. The van der Waals surface area contributed by atoms with Crippen molar-refractivity contribution in [3.63, 3.8) is 0 Å². The van der Waals surface area contributed by atoms with Crippen LogP contribution in [-0.2, 0) is 32.4 Å². The number of hydrogen-bond acceptors (Lipinski definition) is 6. The largest absolute Gasteiger partial charge is 0.478 e. The van der Waals surface area contributed by atoms with Crippen molar-refractivity contribution in [2.75, 3.05) is 0 Å². The summed E-state index contributed by atoms with van der Waals surface area (Å²) < 4.78 is 34.7. The van der Waals surface area contributed by atoms with Gasteiger partial charge in [-0.3, -0.25) is 12.6 Å². The highest BCUT2D eigenvalue weighted by Gasteiger charge is 2.23. The highest BCUT2D eigenvalue weighted by Crippen LogP contribution is 2.22. The Labute approximate surface area is 272 Å². The van der Waals surface area contributed by atoms with Crippen molar-refractivity contribution in [2.24, 2.45) is 0 Å². The van der Waals surface area contributed by atoms with Gasteiger partial charge < -0.3 is 15.3 Å². The molecule has 3 aromatic rings. The lowest BCUT2D eigenvalue weighted by atomic mass is 10.2. The molecule has 0 fully saturated rings. The Kier molecular flexibility index (Phi) is 14.2. The molecule has 0 heterocycles. The van der Waals surface area contributed by atoms with Crippen LogP contribution in [0.1, 0.15) is 93.4 Å². The molecule has 0 radical (unpaired) electrons. The van der Waals surface area contributed by atoms with Crippen LogP contribution in [-0.4, -0.2) is 60.1 Å². The van der Waals surface area contributed by atoms with E-state index < -0.39 is 50.3 Å². The molecular weight excluding hydrogens is 637 g/mol. The number of carboxylic acid groups (broad SMARTS) is 3. The molecule has 0 saturated heterocycles. The predicted molar refractivity (Wildman–Crippen MR) is 179 cm³/mol. The van der Waals surface area contributed by atoms with E-state index in [-0.39, 0.29) is 30.9 Å². The molecular formula is C33H42O9S3. The first kappa shape index (κ1) is 39.5. The molecule has 0 saturated carbocycles. The molecule has 3 atom stereocenters. The first-order valence-electron chi connectivity index (χ1n) is 13.7. The van der Waals surface area contributed by atoms with Crippen LogP contribution in [0.5, 0.6) is 0 Å². The Bertz CT molecular complexity index is 1350. The zero-order valence-corrected chi connectivity index (χ0v) is 29.4. The molecule has 3 rings (SSSR count). The molecule has 3 aromatic carbocycles. The zero-order chi connectivity index (χ0) is 34.9. The number of carboxylic acids is 3. The third-order valence-electron chi connectivity index (χ3n) is 5.61. The Morgan fingerprint density at radius 2 is 0.556 bits per heavy atom. The predicted octanol–water partition coefficient (Wildman–Crippen LogP) is 6.87. The Balaban J connectivity index is 0.000000337. The maximum Gasteiger partial charge on any atom is 0.335 e. The van der Waals surface area contributed by atoms with Gasteiger partial charge >= 0.3 is 17.9 Å². The van der Waals surface area contributed by atoms with E-state index >= 15 is 0 Å². The van der Waals surface area contributed by atoms with E-state index in [1.54, 1.807) is 36.4 Å². The first-order chi connectivity index (χ1) is 20.5. The molecule has 0 aliphatic carbocycles. The van der Waals surface area contributed by atoms with Crippen molar-refractivity contribution in [3.05, 3.63) is 89.5 Å². The summed E-state index contributed by atoms with van der Waals surface area (Å²) in [5.41, 5.74) is 0.638. The lowest BCUT2D eigenvalue weighted by Gasteiger charge is -2.17. The highest BCUT2D eigenvalue weighted by molar-refractivity contribution is 7.87. The molecule has 12 heteroatoms. The van der Waals surface area contributed by atoms with Gasteiger partial charge in [-0.25, -0.2) is 14.4 Å². The van der Waals surface area contributed by atoms with Crippen LogP contribution in [0.25, 0.3) is 0 Å². The number of aromatic carboxylic acids is 3. The van der Waals surface area contributed by atoms with Gasteiger partial charge in [0.2, 0.25) is 0 Å². The fourth-order valence-electron chi connectivity index (χ4n) is 3.22. The number of benzene rings is 3. The molecule has 246 valence electrons. The lowest BCUT2D eigenvalue weighted by molar-refractivity contribution is 0.0686. The summed E-state index contributed by atoms with van der Waals surface area (Å²) in [5.74, 6) is -2.91. The Hall–Kier alpha value is -3.48. The van der Waals surface area contributed by atoms with Crippen molar-refractivity contribution < 1.29 is 42.3 Å². The van der Waals surface area contributed by atoms with Gasteiger partial charge in [0.15, 0.2) is 0 Å². The van der Waals surface area contributed by atoms with Crippen LogP contribution < -0.4 is 0 Å². The summed E-state index contributed by atoms with van der Waals surface area (Å²) in [6, 6.07) is 18.5. The number of carbonyl (C=O) groups is 3. The fourth-order valence-corrected chi connectivity index (χ4v) is 6.50. The van der Waals surface area contributed by atoms with Gasteiger partial charge in [-0.1, -0.05) is 0 Å². The van der Waals surface area contributed by atoms with Gasteiger partial charge in [0.1, 0.15) is 0 Å². The minimum Gasteiger partial charge on any atom is -0.478 e. The van der Waals surface area contributed by atoms with Crippen LogP contribution in [0.4, 0.5) is 0 Å². The van der Waals surface area contributed by atoms with Gasteiger partial charge in [0, 0.05) is 28.9 Å². The summed E-state index contributed by atoms with van der Waals surface area (Å²) in [5, 5.41) is 26.1. The third kappa shape index (κ3) is 12.8.